The average Bonchev–Trinajstić information content (AvgIpc) is 2.29. The monoisotopic (exact) mass is 294 g/mol. The van der Waals surface area contributed by atoms with E-state index in [0.29, 0.717) is 0 Å². The summed E-state index contributed by atoms with van der Waals surface area (Å²) in [7, 11) is 0. The Labute approximate surface area is 109 Å². The largest absolute Gasteiger partial charge is 0.481 e. The van der Waals surface area contributed by atoms with E-state index >= 15 is 0 Å². The topological polar surface area (TPSA) is 37.3 Å². The standard InChI is InChI=1S/C12H11Br.C2H4O2/c13-9-8-11-6-3-5-10-4-1-2-7-12(10)11;1-2(3)4/h1-7H,8-9H2;1H3,(H,3,4). The molecule has 1 N–H and O–H groups in total. The van der Waals surface area contributed by atoms with E-state index in [9.17, 15) is 0 Å². The van der Waals surface area contributed by atoms with Crippen molar-refractivity contribution in [1.29, 1.82) is 0 Å². The number of fused-ring (bicyclic) bond motifs is 1. The van der Waals surface area contributed by atoms with Crippen LogP contribution in [-0.4, -0.2) is 16.4 Å². The van der Waals surface area contributed by atoms with E-state index in [4.69, 9.17) is 9.90 Å². The Balaban J connectivity index is 0.000000317. The van der Waals surface area contributed by atoms with Crippen molar-refractivity contribution in [1.82, 2.24) is 0 Å². The van der Waals surface area contributed by atoms with Gasteiger partial charge in [0, 0.05) is 12.3 Å². The molecule has 3 heteroatoms. The van der Waals surface area contributed by atoms with Crippen LogP contribution in [0.4, 0.5) is 0 Å². The molecule has 0 atom stereocenters. The van der Waals surface area contributed by atoms with Crippen LogP contribution >= 0.6 is 15.9 Å². The van der Waals surface area contributed by atoms with Crippen LogP contribution in [0, 0.1) is 0 Å². The van der Waals surface area contributed by atoms with Crippen molar-refractivity contribution in [3.8, 4) is 0 Å². The van der Waals surface area contributed by atoms with Gasteiger partial charge < -0.3 is 5.11 Å². The molecule has 0 aromatic heterocycles. The summed E-state index contributed by atoms with van der Waals surface area (Å²) in [5.41, 5.74) is 1.43. The molecule has 0 unspecified atom stereocenters. The molecule has 0 saturated carbocycles. The number of alkyl halides is 1. The fraction of sp³-hybridized carbons (Fsp3) is 0.214. The SMILES string of the molecule is BrCCc1cccc2ccccc12.CC(=O)O. The van der Waals surface area contributed by atoms with Crippen molar-refractivity contribution in [3.05, 3.63) is 48.0 Å². The number of aryl methyl sites for hydroxylation is 1. The molecule has 2 aromatic rings. The van der Waals surface area contributed by atoms with Crippen molar-refractivity contribution in [2.24, 2.45) is 0 Å². The third kappa shape index (κ3) is 4.57. The van der Waals surface area contributed by atoms with E-state index in [1.165, 1.54) is 16.3 Å². The van der Waals surface area contributed by atoms with Gasteiger partial charge in [-0.15, -0.1) is 0 Å². The minimum Gasteiger partial charge on any atom is -0.481 e. The maximum Gasteiger partial charge on any atom is 0.300 e. The molecule has 2 rings (SSSR count). The Hall–Kier alpha value is -1.35. The lowest BCUT2D eigenvalue weighted by atomic mass is 10.0. The highest BCUT2D eigenvalue weighted by Crippen LogP contribution is 2.19. The molecular formula is C14H15BrO2. The Kier molecular flexibility index (Phi) is 5.70. The minimum atomic E-state index is -0.833. The molecule has 0 amide bonds. The predicted molar refractivity (Wildman–Crippen MR) is 74.8 cm³/mol. The second kappa shape index (κ2) is 7.07. The molecule has 90 valence electrons. The normalized spacial score (nSPS) is 9.53. The number of rotatable bonds is 2. The number of aliphatic carboxylic acids is 1. The Morgan fingerprint density at radius 2 is 1.76 bits per heavy atom. The lowest BCUT2D eigenvalue weighted by Gasteiger charge is -2.03. The summed E-state index contributed by atoms with van der Waals surface area (Å²) < 4.78 is 0. The first-order valence-corrected chi connectivity index (χ1v) is 6.49. The van der Waals surface area contributed by atoms with Gasteiger partial charge in [-0.1, -0.05) is 58.4 Å². The molecule has 0 aliphatic carbocycles. The van der Waals surface area contributed by atoms with Crippen LogP contribution < -0.4 is 0 Å². The van der Waals surface area contributed by atoms with Crippen molar-refractivity contribution < 1.29 is 9.90 Å². The number of benzene rings is 2. The van der Waals surface area contributed by atoms with E-state index in [1.807, 2.05) is 0 Å². The Morgan fingerprint density at radius 3 is 2.41 bits per heavy atom. The third-order valence-electron chi connectivity index (χ3n) is 2.24. The van der Waals surface area contributed by atoms with E-state index in [1.54, 1.807) is 0 Å². The first-order chi connectivity index (χ1) is 8.15. The summed E-state index contributed by atoms with van der Waals surface area (Å²) >= 11 is 3.47. The van der Waals surface area contributed by atoms with Crippen LogP contribution in [0.5, 0.6) is 0 Å². The second-order valence-corrected chi connectivity index (χ2v) is 4.39. The van der Waals surface area contributed by atoms with Crippen LogP contribution in [0.2, 0.25) is 0 Å². The molecule has 0 saturated heterocycles. The molecule has 2 nitrogen and oxygen atoms in total. The van der Waals surface area contributed by atoms with E-state index in [2.05, 4.69) is 58.4 Å². The molecule has 0 spiro atoms. The molecule has 0 fully saturated rings. The van der Waals surface area contributed by atoms with E-state index in [-0.39, 0.29) is 0 Å². The van der Waals surface area contributed by atoms with Crippen LogP contribution in [0.15, 0.2) is 42.5 Å². The van der Waals surface area contributed by atoms with Crippen LogP contribution in [-0.2, 0) is 11.2 Å². The van der Waals surface area contributed by atoms with Crippen LogP contribution in [0.3, 0.4) is 0 Å². The fourth-order valence-electron chi connectivity index (χ4n) is 1.61. The zero-order valence-corrected chi connectivity index (χ0v) is 11.3. The average molecular weight is 295 g/mol. The third-order valence-corrected chi connectivity index (χ3v) is 2.64. The molecule has 17 heavy (non-hydrogen) atoms. The van der Waals surface area contributed by atoms with Gasteiger partial charge in [-0.3, -0.25) is 4.79 Å². The molecule has 0 aliphatic heterocycles. The number of hydrogen-bond donors (Lipinski definition) is 1. The molecular weight excluding hydrogens is 280 g/mol. The summed E-state index contributed by atoms with van der Waals surface area (Å²) in [6, 6.07) is 15.0. The highest BCUT2D eigenvalue weighted by molar-refractivity contribution is 9.09. The second-order valence-electron chi connectivity index (χ2n) is 3.60. The van der Waals surface area contributed by atoms with Crippen molar-refractivity contribution in [3.63, 3.8) is 0 Å². The van der Waals surface area contributed by atoms with Gasteiger partial charge in [0.1, 0.15) is 0 Å². The number of carboxylic acid groups (broad SMARTS) is 1. The highest BCUT2D eigenvalue weighted by atomic mass is 79.9. The van der Waals surface area contributed by atoms with E-state index < -0.39 is 5.97 Å². The maximum absolute atomic E-state index is 9.00. The summed E-state index contributed by atoms with van der Waals surface area (Å²) in [5.74, 6) is -0.833. The number of hydrogen-bond acceptors (Lipinski definition) is 1. The first-order valence-electron chi connectivity index (χ1n) is 5.37. The zero-order valence-electron chi connectivity index (χ0n) is 9.69. The van der Waals surface area contributed by atoms with Gasteiger partial charge in [-0.2, -0.15) is 0 Å². The summed E-state index contributed by atoms with van der Waals surface area (Å²) in [5, 5.41) is 11.2. The predicted octanol–water partition coefficient (Wildman–Crippen LogP) is 3.87. The van der Waals surface area contributed by atoms with Gasteiger partial charge in [0.05, 0.1) is 0 Å². The molecule has 0 bridgehead atoms. The lowest BCUT2D eigenvalue weighted by Crippen LogP contribution is -1.86. The zero-order chi connectivity index (χ0) is 12.7. The molecule has 0 aliphatic rings. The number of carboxylic acids is 1. The Morgan fingerprint density at radius 1 is 1.18 bits per heavy atom. The maximum atomic E-state index is 9.00. The summed E-state index contributed by atoms with van der Waals surface area (Å²) in [6.07, 6.45) is 1.10. The Bertz CT molecular complexity index is 485. The smallest absolute Gasteiger partial charge is 0.300 e. The van der Waals surface area contributed by atoms with Crippen LogP contribution in [0.1, 0.15) is 12.5 Å². The van der Waals surface area contributed by atoms with E-state index in [0.717, 1.165) is 18.7 Å². The van der Waals surface area contributed by atoms with Gasteiger partial charge in [0.2, 0.25) is 0 Å². The van der Waals surface area contributed by atoms with Gasteiger partial charge in [-0.25, -0.2) is 0 Å². The minimum absolute atomic E-state index is 0.833. The van der Waals surface area contributed by atoms with Crippen LogP contribution in [0.25, 0.3) is 10.8 Å². The lowest BCUT2D eigenvalue weighted by molar-refractivity contribution is -0.134. The van der Waals surface area contributed by atoms with Crippen molar-refractivity contribution >= 4 is 32.7 Å². The van der Waals surface area contributed by atoms with Gasteiger partial charge in [0.25, 0.3) is 5.97 Å². The summed E-state index contributed by atoms with van der Waals surface area (Å²) in [4.78, 5) is 9.00. The fourth-order valence-corrected chi connectivity index (χ4v) is 2.04. The molecule has 0 heterocycles. The first kappa shape index (κ1) is 13.7. The molecule has 0 radical (unpaired) electrons. The van der Waals surface area contributed by atoms with Gasteiger partial charge in [0.15, 0.2) is 0 Å². The number of halogens is 1. The van der Waals surface area contributed by atoms with Crippen molar-refractivity contribution in [2.45, 2.75) is 13.3 Å². The highest BCUT2D eigenvalue weighted by Gasteiger charge is 1.97. The quantitative estimate of drug-likeness (QED) is 0.854. The van der Waals surface area contributed by atoms with Crippen molar-refractivity contribution in [2.75, 3.05) is 5.33 Å². The number of carbonyl (C=O) groups is 1. The summed E-state index contributed by atoms with van der Waals surface area (Å²) in [6.45, 7) is 1.08. The van der Waals surface area contributed by atoms with Gasteiger partial charge >= 0.3 is 0 Å². The molecule has 2 aromatic carbocycles. The van der Waals surface area contributed by atoms with Gasteiger partial charge in [-0.05, 0) is 22.8 Å².